The van der Waals surface area contributed by atoms with E-state index in [2.05, 4.69) is 48.4 Å². The topological polar surface area (TPSA) is 40.7 Å². The molecule has 0 aliphatic carbocycles. The summed E-state index contributed by atoms with van der Waals surface area (Å²) in [5.74, 6) is 1.67. The van der Waals surface area contributed by atoms with Crippen LogP contribution in [0, 0.1) is 13.8 Å². The molecule has 1 saturated heterocycles. The number of aryl methyl sites for hydroxylation is 2. The van der Waals surface area contributed by atoms with Crippen LogP contribution in [0.5, 0.6) is 0 Å². The summed E-state index contributed by atoms with van der Waals surface area (Å²) in [5.41, 5.74) is 4.76. The van der Waals surface area contributed by atoms with Crippen LogP contribution in [-0.2, 0) is 0 Å². The van der Waals surface area contributed by atoms with Crippen LogP contribution in [-0.4, -0.2) is 23.1 Å². The molecule has 2 aromatic rings. The van der Waals surface area contributed by atoms with Gasteiger partial charge in [-0.05, 0) is 39.3 Å². The van der Waals surface area contributed by atoms with Crippen LogP contribution in [0.2, 0.25) is 0 Å². The van der Waals surface area contributed by atoms with Crippen molar-refractivity contribution in [3.63, 3.8) is 0 Å². The van der Waals surface area contributed by atoms with Crippen molar-refractivity contribution in [3.05, 3.63) is 41.3 Å². The van der Waals surface area contributed by atoms with Gasteiger partial charge in [-0.15, -0.1) is 0 Å². The van der Waals surface area contributed by atoms with Crippen LogP contribution >= 0.6 is 0 Å². The van der Waals surface area contributed by atoms with E-state index in [1.54, 1.807) is 0 Å². The van der Waals surface area contributed by atoms with Crippen molar-refractivity contribution in [2.45, 2.75) is 32.6 Å². The summed E-state index contributed by atoms with van der Waals surface area (Å²) in [7, 11) is 0. The number of hydrogen-bond acceptors (Lipinski definition) is 2. The average molecular weight is 255 g/mol. The number of H-pyrrole nitrogens is 1. The van der Waals surface area contributed by atoms with Gasteiger partial charge in [0.05, 0.1) is 5.69 Å². The van der Waals surface area contributed by atoms with Gasteiger partial charge in [0.2, 0.25) is 0 Å². The number of hydrogen-bond donors (Lipinski definition) is 2. The van der Waals surface area contributed by atoms with Crippen LogP contribution < -0.4 is 5.32 Å². The molecule has 2 N–H and O–H groups in total. The first-order valence-corrected chi connectivity index (χ1v) is 7.08. The van der Waals surface area contributed by atoms with E-state index in [1.807, 2.05) is 0 Å². The van der Waals surface area contributed by atoms with Gasteiger partial charge in [0.25, 0.3) is 0 Å². The van der Waals surface area contributed by atoms with Crippen molar-refractivity contribution in [1.29, 1.82) is 0 Å². The Morgan fingerprint density at radius 3 is 2.89 bits per heavy atom. The monoisotopic (exact) mass is 255 g/mol. The summed E-state index contributed by atoms with van der Waals surface area (Å²) >= 11 is 0. The van der Waals surface area contributed by atoms with E-state index >= 15 is 0 Å². The Hall–Kier alpha value is -1.61. The molecular formula is C16H21N3. The third-order valence-electron chi connectivity index (χ3n) is 3.88. The van der Waals surface area contributed by atoms with Gasteiger partial charge < -0.3 is 10.3 Å². The van der Waals surface area contributed by atoms with E-state index in [4.69, 9.17) is 4.98 Å². The summed E-state index contributed by atoms with van der Waals surface area (Å²) in [5, 5.41) is 3.45. The van der Waals surface area contributed by atoms with Gasteiger partial charge in [0.1, 0.15) is 5.82 Å². The van der Waals surface area contributed by atoms with Crippen molar-refractivity contribution < 1.29 is 0 Å². The molecule has 1 atom stereocenters. The van der Waals surface area contributed by atoms with E-state index in [0.717, 1.165) is 24.6 Å². The molecule has 2 heterocycles. The lowest BCUT2D eigenvalue weighted by atomic mass is 9.99. The van der Waals surface area contributed by atoms with E-state index in [-0.39, 0.29) is 0 Å². The number of nitrogens with zero attached hydrogens (tertiary/aromatic N) is 1. The zero-order valence-electron chi connectivity index (χ0n) is 11.7. The third kappa shape index (κ3) is 2.56. The Labute approximate surface area is 114 Å². The first kappa shape index (κ1) is 12.4. The molecule has 1 unspecified atom stereocenters. The number of piperidine rings is 1. The van der Waals surface area contributed by atoms with Gasteiger partial charge in [-0.3, -0.25) is 0 Å². The fraction of sp³-hybridized carbons (Fsp3) is 0.438. The summed E-state index contributed by atoms with van der Waals surface area (Å²) < 4.78 is 0. The minimum absolute atomic E-state index is 0.533. The molecule has 19 heavy (non-hydrogen) atoms. The number of nitrogens with one attached hydrogen (secondary N) is 2. The van der Waals surface area contributed by atoms with Crippen molar-refractivity contribution in [1.82, 2.24) is 15.3 Å². The summed E-state index contributed by atoms with van der Waals surface area (Å²) in [6, 6.07) is 8.56. The quantitative estimate of drug-likeness (QED) is 0.865. The molecule has 100 valence electrons. The van der Waals surface area contributed by atoms with E-state index in [9.17, 15) is 0 Å². The highest BCUT2D eigenvalue weighted by Crippen LogP contribution is 2.27. The van der Waals surface area contributed by atoms with Crippen molar-refractivity contribution in [3.8, 4) is 11.3 Å². The average Bonchev–Trinajstić information content (AvgIpc) is 2.82. The van der Waals surface area contributed by atoms with Crippen molar-refractivity contribution in [2.75, 3.05) is 13.1 Å². The smallest absolute Gasteiger partial charge is 0.111 e. The highest BCUT2D eigenvalue weighted by molar-refractivity contribution is 5.62. The fourth-order valence-corrected chi connectivity index (χ4v) is 2.84. The lowest BCUT2D eigenvalue weighted by Gasteiger charge is -2.20. The van der Waals surface area contributed by atoms with E-state index in [0.29, 0.717) is 5.92 Å². The Kier molecular flexibility index (Phi) is 3.38. The summed E-state index contributed by atoms with van der Waals surface area (Å²) in [6.45, 7) is 6.42. The minimum atomic E-state index is 0.533. The number of imidazole rings is 1. The maximum atomic E-state index is 4.85. The number of benzene rings is 1. The molecule has 1 aromatic heterocycles. The molecule has 0 spiro atoms. The normalized spacial score (nSPS) is 19.6. The third-order valence-corrected chi connectivity index (χ3v) is 3.88. The van der Waals surface area contributed by atoms with Gasteiger partial charge in [-0.25, -0.2) is 4.98 Å². The number of rotatable bonds is 2. The molecule has 1 fully saturated rings. The lowest BCUT2D eigenvalue weighted by molar-refractivity contribution is 0.448. The Morgan fingerprint density at radius 1 is 1.26 bits per heavy atom. The molecule has 0 saturated carbocycles. The maximum absolute atomic E-state index is 4.85. The minimum Gasteiger partial charge on any atom is -0.345 e. The summed E-state index contributed by atoms with van der Waals surface area (Å²) in [6.07, 6.45) is 2.47. The molecule has 1 aliphatic heterocycles. The van der Waals surface area contributed by atoms with Gasteiger partial charge in [-0.1, -0.05) is 23.8 Å². The molecule has 1 aliphatic rings. The van der Waals surface area contributed by atoms with Gasteiger partial charge in [0.15, 0.2) is 0 Å². The molecule has 0 amide bonds. The van der Waals surface area contributed by atoms with Crippen LogP contribution in [0.1, 0.15) is 35.8 Å². The molecular weight excluding hydrogens is 234 g/mol. The van der Waals surface area contributed by atoms with Crippen LogP contribution in [0.3, 0.4) is 0 Å². The van der Waals surface area contributed by atoms with E-state index in [1.165, 1.54) is 29.7 Å². The lowest BCUT2D eigenvalue weighted by Crippen LogP contribution is -2.28. The standard InChI is InChI=1S/C16H21N3/c1-11-5-3-6-13(9-11)15-12(2)18-16(19-15)14-7-4-8-17-10-14/h3,5-6,9,14,17H,4,7-8,10H2,1-2H3,(H,18,19). The number of aromatic nitrogens is 2. The van der Waals surface area contributed by atoms with Crippen molar-refractivity contribution in [2.24, 2.45) is 0 Å². The predicted octanol–water partition coefficient (Wildman–Crippen LogP) is 3.16. The first-order chi connectivity index (χ1) is 9.24. The molecule has 3 nitrogen and oxygen atoms in total. The van der Waals surface area contributed by atoms with Crippen LogP contribution in [0.4, 0.5) is 0 Å². The van der Waals surface area contributed by atoms with Gasteiger partial charge in [0, 0.05) is 23.7 Å². The molecule has 1 aromatic carbocycles. The molecule has 3 rings (SSSR count). The maximum Gasteiger partial charge on any atom is 0.111 e. The van der Waals surface area contributed by atoms with Crippen LogP contribution in [0.25, 0.3) is 11.3 Å². The van der Waals surface area contributed by atoms with Gasteiger partial charge in [-0.2, -0.15) is 0 Å². The molecule has 0 bridgehead atoms. The second-order valence-corrected chi connectivity index (χ2v) is 5.51. The second kappa shape index (κ2) is 5.17. The Bertz CT molecular complexity index is 565. The molecule has 0 radical (unpaired) electrons. The first-order valence-electron chi connectivity index (χ1n) is 7.08. The Balaban J connectivity index is 1.92. The second-order valence-electron chi connectivity index (χ2n) is 5.51. The van der Waals surface area contributed by atoms with Gasteiger partial charge >= 0.3 is 0 Å². The zero-order chi connectivity index (χ0) is 13.2. The number of aromatic amines is 1. The SMILES string of the molecule is Cc1cccc(-c2nc(C3CCCNC3)[nH]c2C)c1. The molecule has 3 heteroatoms. The fourth-order valence-electron chi connectivity index (χ4n) is 2.84. The van der Waals surface area contributed by atoms with E-state index < -0.39 is 0 Å². The Morgan fingerprint density at radius 2 is 2.16 bits per heavy atom. The van der Waals surface area contributed by atoms with Crippen molar-refractivity contribution >= 4 is 0 Å². The zero-order valence-corrected chi connectivity index (χ0v) is 11.7. The highest BCUT2D eigenvalue weighted by atomic mass is 15.0. The largest absolute Gasteiger partial charge is 0.345 e. The van der Waals surface area contributed by atoms with Crippen LogP contribution in [0.15, 0.2) is 24.3 Å². The highest BCUT2D eigenvalue weighted by Gasteiger charge is 2.20. The predicted molar refractivity (Wildman–Crippen MR) is 78.3 cm³/mol. The summed E-state index contributed by atoms with van der Waals surface area (Å²) in [4.78, 5) is 8.33.